The number of rotatable bonds is 6. The lowest BCUT2D eigenvalue weighted by atomic mass is 10.1. The molecule has 0 fully saturated rings. The van der Waals surface area contributed by atoms with Crippen LogP contribution < -0.4 is 14.8 Å². The minimum atomic E-state index is 0.297. The van der Waals surface area contributed by atoms with Gasteiger partial charge in [-0.05, 0) is 29.8 Å². The Morgan fingerprint density at radius 1 is 0.828 bits per heavy atom. The third-order valence-electron chi connectivity index (χ3n) is 4.94. The molecule has 1 N–H and O–H groups in total. The van der Waals surface area contributed by atoms with Crippen LogP contribution in [-0.4, -0.2) is 16.6 Å². The van der Waals surface area contributed by atoms with Gasteiger partial charge in [0, 0.05) is 30.4 Å². The van der Waals surface area contributed by atoms with Gasteiger partial charge in [-0.15, -0.1) is 0 Å². The summed E-state index contributed by atoms with van der Waals surface area (Å²) >= 11 is 0. The molecule has 4 aromatic rings. The number of nitrogens with one attached hydrogen (secondary N) is 1. The Morgan fingerprint density at radius 3 is 2.41 bits per heavy atom. The van der Waals surface area contributed by atoms with Gasteiger partial charge in [0.25, 0.3) is 0 Å². The number of nitrogens with zero attached hydrogens (tertiary/aromatic N) is 2. The summed E-state index contributed by atoms with van der Waals surface area (Å²) < 4.78 is 12.8. The van der Waals surface area contributed by atoms with E-state index >= 15 is 0 Å². The van der Waals surface area contributed by atoms with E-state index in [1.54, 1.807) is 0 Å². The third kappa shape index (κ3) is 3.73. The van der Waals surface area contributed by atoms with E-state index in [9.17, 15) is 0 Å². The Bertz CT molecular complexity index is 1110. The number of para-hydroxylation sites is 1. The van der Waals surface area contributed by atoms with Crippen LogP contribution >= 0.6 is 0 Å². The van der Waals surface area contributed by atoms with Crippen LogP contribution in [0.25, 0.3) is 16.9 Å². The first-order valence-corrected chi connectivity index (χ1v) is 9.65. The van der Waals surface area contributed by atoms with Gasteiger partial charge in [-0.25, -0.2) is 4.68 Å². The number of benzene rings is 3. The summed E-state index contributed by atoms with van der Waals surface area (Å²) in [6.45, 7) is 1.75. The zero-order valence-corrected chi connectivity index (χ0v) is 15.9. The molecule has 1 aliphatic heterocycles. The third-order valence-corrected chi connectivity index (χ3v) is 4.94. The molecular weight excluding hydrogens is 362 g/mol. The average molecular weight is 383 g/mol. The van der Waals surface area contributed by atoms with Crippen molar-refractivity contribution in [3.8, 4) is 28.4 Å². The van der Waals surface area contributed by atoms with Gasteiger partial charge in [-0.1, -0.05) is 54.6 Å². The second kappa shape index (κ2) is 7.81. The predicted molar refractivity (Wildman–Crippen MR) is 112 cm³/mol. The summed E-state index contributed by atoms with van der Waals surface area (Å²) in [6.07, 6.45) is 2.10. The van der Waals surface area contributed by atoms with Gasteiger partial charge in [-0.2, -0.15) is 5.10 Å². The van der Waals surface area contributed by atoms with Gasteiger partial charge in [0.2, 0.25) is 6.79 Å². The van der Waals surface area contributed by atoms with Gasteiger partial charge in [0.05, 0.1) is 11.4 Å². The summed E-state index contributed by atoms with van der Waals surface area (Å²) in [5.74, 6) is 1.62. The minimum absolute atomic E-state index is 0.297. The highest BCUT2D eigenvalue weighted by atomic mass is 16.7. The van der Waals surface area contributed by atoms with Gasteiger partial charge in [0.1, 0.15) is 0 Å². The zero-order valence-electron chi connectivity index (χ0n) is 15.9. The van der Waals surface area contributed by atoms with Crippen molar-refractivity contribution in [2.75, 3.05) is 6.79 Å². The maximum atomic E-state index is 5.47. The number of hydrogen-bond acceptors (Lipinski definition) is 4. The second-order valence-electron chi connectivity index (χ2n) is 6.94. The molecule has 5 rings (SSSR count). The van der Waals surface area contributed by atoms with Gasteiger partial charge < -0.3 is 14.8 Å². The van der Waals surface area contributed by atoms with Gasteiger partial charge >= 0.3 is 0 Å². The molecule has 29 heavy (non-hydrogen) atoms. The van der Waals surface area contributed by atoms with E-state index in [4.69, 9.17) is 14.6 Å². The Labute approximate surface area is 169 Å². The van der Waals surface area contributed by atoms with Crippen LogP contribution in [-0.2, 0) is 13.1 Å². The topological polar surface area (TPSA) is 48.3 Å². The summed E-state index contributed by atoms with van der Waals surface area (Å²) in [6, 6.07) is 26.5. The summed E-state index contributed by atoms with van der Waals surface area (Å²) in [4.78, 5) is 0. The molecule has 0 atom stereocenters. The molecule has 0 aliphatic carbocycles. The molecule has 0 spiro atoms. The van der Waals surface area contributed by atoms with Crippen molar-refractivity contribution >= 4 is 0 Å². The molecule has 1 aliphatic rings. The Hall–Kier alpha value is -3.57. The van der Waals surface area contributed by atoms with Crippen LogP contribution in [0.4, 0.5) is 0 Å². The molecule has 0 amide bonds. The van der Waals surface area contributed by atoms with Crippen molar-refractivity contribution in [3.05, 3.63) is 96.2 Å². The normalized spacial score (nSPS) is 12.3. The molecule has 144 valence electrons. The standard InChI is InChI=1S/C24H21N3O2/c1-3-7-19(8-4-1)24-20(16-27(26-24)21-9-5-2-6-10-21)15-25-14-18-11-12-22-23(13-18)29-17-28-22/h1-13,16,25H,14-15,17H2. The van der Waals surface area contributed by atoms with E-state index < -0.39 is 0 Å². The van der Waals surface area contributed by atoms with Crippen molar-refractivity contribution < 1.29 is 9.47 Å². The summed E-state index contributed by atoms with van der Waals surface area (Å²) in [7, 11) is 0. The van der Waals surface area contributed by atoms with Crippen LogP contribution in [0.15, 0.2) is 85.1 Å². The Kier molecular flexibility index (Phi) is 4.72. The monoisotopic (exact) mass is 383 g/mol. The van der Waals surface area contributed by atoms with Crippen molar-refractivity contribution in [3.63, 3.8) is 0 Å². The van der Waals surface area contributed by atoms with E-state index in [1.807, 2.05) is 53.2 Å². The molecule has 3 aromatic carbocycles. The average Bonchev–Trinajstić information content (AvgIpc) is 3.42. The van der Waals surface area contributed by atoms with Crippen LogP contribution in [0.2, 0.25) is 0 Å². The zero-order chi connectivity index (χ0) is 19.5. The molecular formula is C24H21N3O2. The highest BCUT2D eigenvalue weighted by molar-refractivity contribution is 5.63. The maximum absolute atomic E-state index is 5.47. The second-order valence-corrected chi connectivity index (χ2v) is 6.94. The highest BCUT2D eigenvalue weighted by Gasteiger charge is 2.14. The molecule has 2 heterocycles. The fourth-order valence-electron chi connectivity index (χ4n) is 3.48. The van der Waals surface area contributed by atoms with E-state index in [-0.39, 0.29) is 0 Å². The largest absolute Gasteiger partial charge is 0.454 e. The van der Waals surface area contributed by atoms with Gasteiger partial charge in [0.15, 0.2) is 11.5 Å². The summed E-state index contributed by atoms with van der Waals surface area (Å²) in [5, 5.41) is 8.40. The van der Waals surface area contributed by atoms with Crippen molar-refractivity contribution in [2.45, 2.75) is 13.1 Å². The smallest absolute Gasteiger partial charge is 0.231 e. The molecule has 5 nitrogen and oxygen atoms in total. The molecule has 1 aromatic heterocycles. The number of fused-ring (bicyclic) bond motifs is 1. The first kappa shape index (κ1) is 17.5. The molecule has 5 heteroatoms. The van der Waals surface area contributed by atoms with Crippen molar-refractivity contribution in [1.82, 2.24) is 15.1 Å². The number of hydrogen-bond donors (Lipinski definition) is 1. The van der Waals surface area contributed by atoms with Crippen LogP contribution in [0, 0.1) is 0 Å². The number of ether oxygens (including phenoxy) is 2. The molecule has 0 radical (unpaired) electrons. The molecule has 0 saturated heterocycles. The van der Waals surface area contributed by atoms with E-state index in [1.165, 1.54) is 0 Å². The molecule has 0 saturated carbocycles. The Balaban J connectivity index is 1.37. The minimum Gasteiger partial charge on any atom is -0.454 e. The molecule has 0 bridgehead atoms. The van der Waals surface area contributed by atoms with Gasteiger partial charge in [-0.3, -0.25) is 0 Å². The highest BCUT2D eigenvalue weighted by Crippen LogP contribution is 2.32. The van der Waals surface area contributed by atoms with Crippen molar-refractivity contribution in [2.24, 2.45) is 0 Å². The first-order chi connectivity index (χ1) is 14.4. The lowest BCUT2D eigenvalue weighted by Gasteiger charge is -2.06. The SMILES string of the molecule is c1ccc(-c2nn(-c3ccccc3)cc2CNCc2ccc3c(c2)OCO3)cc1. The van der Waals surface area contributed by atoms with Crippen LogP contribution in [0.3, 0.4) is 0 Å². The molecule has 0 unspecified atom stereocenters. The first-order valence-electron chi connectivity index (χ1n) is 9.65. The van der Waals surface area contributed by atoms with Crippen LogP contribution in [0.1, 0.15) is 11.1 Å². The maximum Gasteiger partial charge on any atom is 0.231 e. The number of aromatic nitrogens is 2. The predicted octanol–water partition coefficient (Wildman–Crippen LogP) is 4.56. The van der Waals surface area contributed by atoms with E-state index in [0.717, 1.165) is 46.1 Å². The van der Waals surface area contributed by atoms with Crippen molar-refractivity contribution in [1.29, 1.82) is 0 Å². The summed E-state index contributed by atoms with van der Waals surface area (Å²) in [5.41, 5.74) is 5.47. The lowest BCUT2D eigenvalue weighted by Crippen LogP contribution is -2.12. The van der Waals surface area contributed by atoms with Crippen LogP contribution in [0.5, 0.6) is 11.5 Å². The fraction of sp³-hybridized carbons (Fsp3) is 0.125. The lowest BCUT2D eigenvalue weighted by molar-refractivity contribution is 0.174. The Morgan fingerprint density at radius 2 is 1.59 bits per heavy atom. The van der Waals surface area contributed by atoms with E-state index in [0.29, 0.717) is 13.3 Å². The fourth-order valence-corrected chi connectivity index (χ4v) is 3.48. The van der Waals surface area contributed by atoms with E-state index in [2.05, 4.69) is 41.8 Å². The quantitative estimate of drug-likeness (QED) is 0.530.